The van der Waals surface area contributed by atoms with Gasteiger partial charge in [-0.25, -0.2) is 0 Å². The lowest BCUT2D eigenvalue weighted by atomic mass is 9.61. The van der Waals surface area contributed by atoms with Gasteiger partial charge < -0.3 is 5.11 Å². The van der Waals surface area contributed by atoms with Crippen molar-refractivity contribution in [3.05, 3.63) is 47.6 Å². The van der Waals surface area contributed by atoms with Crippen LogP contribution in [0.25, 0.3) is 0 Å². The molecule has 0 aromatic heterocycles. The molecule has 0 radical (unpaired) electrons. The predicted molar refractivity (Wildman–Crippen MR) is 126 cm³/mol. The second-order valence-corrected chi connectivity index (χ2v) is 10.9. The van der Waals surface area contributed by atoms with Crippen molar-refractivity contribution in [2.24, 2.45) is 35.0 Å². The van der Waals surface area contributed by atoms with Crippen LogP contribution in [0.2, 0.25) is 0 Å². The van der Waals surface area contributed by atoms with Gasteiger partial charge in [-0.3, -0.25) is 0 Å². The van der Waals surface area contributed by atoms with Gasteiger partial charge in [0.15, 0.2) is 0 Å². The van der Waals surface area contributed by atoms with E-state index in [9.17, 15) is 5.11 Å². The Hall–Kier alpha value is -1.08. The molecule has 29 heavy (non-hydrogen) atoms. The Morgan fingerprint density at radius 3 is 2.52 bits per heavy atom. The van der Waals surface area contributed by atoms with Crippen LogP contribution < -0.4 is 0 Å². The molecule has 3 fully saturated rings. The van der Waals surface area contributed by atoms with Crippen molar-refractivity contribution in [3.8, 4) is 0 Å². The van der Waals surface area contributed by atoms with Crippen LogP contribution in [0.3, 0.4) is 0 Å². The molecule has 1 heteroatoms. The van der Waals surface area contributed by atoms with Crippen molar-refractivity contribution >= 4 is 0 Å². The molecular weight excluding hydrogens is 352 g/mol. The minimum Gasteiger partial charge on any atom is -0.393 e. The van der Waals surface area contributed by atoms with Crippen LogP contribution in [-0.2, 0) is 0 Å². The molecule has 0 spiro atoms. The van der Waals surface area contributed by atoms with Crippen LogP contribution >= 0.6 is 0 Å². The smallest absolute Gasteiger partial charge is 0.0583 e. The summed E-state index contributed by atoms with van der Waals surface area (Å²) in [7, 11) is 0. The van der Waals surface area contributed by atoms with Gasteiger partial charge in [-0.2, -0.15) is 0 Å². The summed E-state index contributed by atoms with van der Waals surface area (Å²) in [6, 6.07) is 0. The first-order valence-corrected chi connectivity index (χ1v) is 12.2. The Kier molecular flexibility index (Phi) is 7.31. The highest BCUT2D eigenvalue weighted by Crippen LogP contribution is 2.59. The summed E-state index contributed by atoms with van der Waals surface area (Å²) < 4.78 is 0. The van der Waals surface area contributed by atoms with E-state index in [1.54, 1.807) is 5.57 Å². The Morgan fingerprint density at radius 1 is 1.03 bits per heavy atom. The number of allylic oxidation sites excluding steroid dienone is 6. The average Bonchev–Trinajstić information content (AvgIpc) is 3.04. The Bertz CT molecular complexity index is 678. The number of fused-ring (bicyclic) bond motifs is 1. The number of hydrogen-bond donors (Lipinski definition) is 1. The van der Waals surface area contributed by atoms with Crippen molar-refractivity contribution in [3.63, 3.8) is 0 Å². The van der Waals surface area contributed by atoms with E-state index in [1.165, 1.54) is 43.3 Å². The quantitative estimate of drug-likeness (QED) is 0.473. The summed E-state index contributed by atoms with van der Waals surface area (Å²) in [5.41, 5.74) is 4.61. The highest BCUT2D eigenvalue weighted by atomic mass is 16.3. The van der Waals surface area contributed by atoms with Gasteiger partial charge in [0.2, 0.25) is 0 Å². The van der Waals surface area contributed by atoms with E-state index >= 15 is 0 Å². The summed E-state index contributed by atoms with van der Waals surface area (Å²) in [4.78, 5) is 0. The van der Waals surface area contributed by atoms with Gasteiger partial charge in [-0.15, -0.1) is 0 Å². The first-order chi connectivity index (χ1) is 13.7. The highest BCUT2D eigenvalue weighted by Gasteiger charge is 2.50. The van der Waals surface area contributed by atoms with Crippen LogP contribution in [0.4, 0.5) is 0 Å². The fourth-order valence-electron chi connectivity index (χ4n) is 6.25. The van der Waals surface area contributed by atoms with Crippen molar-refractivity contribution in [2.75, 3.05) is 0 Å². The average molecular weight is 397 g/mol. The molecule has 0 bridgehead atoms. The predicted octanol–water partition coefficient (Wildman–Crippen LogP) is 7.64. The number of aliphatic hydroxyl groups excluding tert-OH is 1. The van der Waals surface area contributed by atoms with Crippen molar-refractivity contribution in [1.82, 2.24) is 0 Å². The van der Waals surface area contributed by atoms with Gasteiger partial charge in [0.05, 0.1) is 6.10 Å². The number of aliphatic hydroxyl groups is 1. The Morgan fingerprint density at radius 2 is 1.79 bits per heavy atom. The zero-order valence-electron chi connectivity index (χ0n) is 19.6. The maximum Gasteiger partial charge on any atom is 0.0583 e. The molecule has 0 amide bonds. The molecule has 6 atom stereocenters. The molecule has 3 aliphatic carbocycles. The summed E-state index contributed by atoms with van der Waals surface area (Å²) in [5.74, 6) is 3.58. The second kappa shape index (κ2) is 9.38. The first-order valence-electron chi connectivity index (χ1n) is 12.2. The molecule has 1 N–H and O–H groups in total. The molecule has 0 saturated heterocycles. The lowest BCUT2D eigenvalue weighted by Crippen LogP contribution is -2.35. The van der Waals surface area contributed by atoms with E-state index in [0.717, 1.165) is 37.0 Å². The van der Waals surface area contributed by atoms with Crippen LogP contribution in [0, 0.1) is 35.0 Å². The van der Waals surface area contributed by atoms with E-state index in [1.807, 2.05) is 0 Å². The maximum atomic E-state index is 10.0. The van der Waals surface area contributed by atoms with Gasteiger partial charge in [-0.1, -0.05) is 76.6 Å². The number of rotatable bonds is 5. The standard InChI is InChI=1S/C28H44O/c1-19(2)20(3)9-10-22(5)26-15-16-27-23(8-7-17-28(26,27)6)12-13-24-18-25(29)14-11-21(24)4/h9-10,12-13,19-20,22,25-27,29H,4,7-8,11,14-18H2,1-3,5-6H3/b10-9+,23-12+,24-13-/t20-,22+,25-,26+,27+,28+/m0/s1. The normalized spacial score (nSPS) is 38.2. The monoisotopic (exact) mass is 396 g/mol. The highest BCUT2D eigenvalue weighted by molar-refractivity contribution is 5.36. The van der Waals surface area contributed by atoms with Crippen LogP contribution in [0.5, 0.6) is 0 Å². The molecule has 0 aromatic carbocycles. The zero-order chi connectivity index (χ0) is 21.2. The largest absolute Gasteiger partial charge is 0.393 e. The van der Waals surface area contributed by atoms with Crippen molar-refractivity contribution in [2.45, 2.75) is 92.1 Å². The molecule has 0 aliphatic heterocycles. The minimum absolute atomic E-state index is 0.182. The van der Waals surface area contributed by atoms with E-state index < -0.39 is 0 Å². The third-order valence-corrected chi connectivity index (χ3v) is 8.63. The van der Waals surface area contributed by atoms with E-state index in [-0.39, 0.29) is 6.10 Å². The fourth-order valence-corrected chi connectivity index (χ4v) is 6.25. The van der Waals surface area contributed by atoms with Crippen LogP contribution in [0.1, 0.15) is 86.0 Å². The van der Waals surface area contributed by atoms with Crippen molar-refractivity contribution in [1.29, 1.82) is 0 Å². The summed E-state index contributed by atoms with van der Waals surface area (Å²) in [6.07, 6.45) is 18.8. The van der Waals surface area contributed by atoms with Gasteiger partial charge in [0, 0.05) is 0 Å². The molecule has 0 heterocycles. The lowest BCUT2D eigenvalue weighted by molar-refractivity contribution is 0.112. The van der Waals surface area contributed by atoms with Gasteiger partial charge >= 0.3 is 0 Å². The van der Waals surface area contributed by atoms with Crippen LogP contribution in [0.15, 0.2) is 47.6 Å². The SMILES string of the molecule is C=C1CC[C@H](O)C/C1=C/C=C1\CCC[C@@]2(C)[C@@H]1CC[C@@H]2[C@H](C)/C=C/[C@H](C)C(C)C. The number of hydrogen-bond acceptors (Lipinski definition) is 1. The molecule has 3 rings (SSSR count). The third-order valence-electron chi connectivity index (χ3n) is 8.63. The van der Waals surface area contributed by atoms with Crippen LogP contribution in [-0.4, -0.2) is 11.2 Å². The van der Waals surface area contributed by atoms with Gasteiger partial charge in [0.25, 0.3) is 0 Å². The molecule has 0 aromatic rings. The fraction of sp³-hybridized carbons (Fsp3) is 0.714. The van der Waals surface area contributed by atoms with E-state index in [4.69, 9.17) is 0 Å². The topological polar surface area (TPSA) is 20.2 Å². The molecular formula is C28H44O. The summed E-state index contributed by atoms with van der Waals surface area (Å²) >= 11 is 0. The van der Waals surface area contributed by atoms with Crippen molar-refractivity contribution < 1.29 is 5.11 Å². The molecule has 3 saturated carbocycles. The first kappa shape index (κ1) is 22.6. The van der Waals surface area contributed by atoms with Gasteiger partial charge in [-0.05, 0) is 91.9 Å². The molecule has 3 aliphatic rings. The molecule has 1 nitrogen and oxygen atoms in total. The summed E-state index contributed by atoms with van der Waals surface area (Å²) in [5, 5.41) is 10.0. The Labute approximate surface area is 180 Å². The Balaban J connectivity index is 1.75. The zero-order valence-corrected chi connectivity index (χ0v) is 19.6. The minimum atomic E-state index is -0.182. The van der Waals surface area contributed by atoms with E-state index in [0.29, 0.717) is 17.3 Å². The van der Waals surface area contributed by atoms with E-state index in [2.05, 4.69) is 65.5 Å². The molecule has 0 unspecified atom stereocenters. The van der Waals surface area contributed by atoms with Gasteiger partial charge in [0.1, 0.15) is 0 Å². The maximum absolute atomic E-state index is 10.0. The second-order valence-electron chi connectivity index (χ2n) is 10.9. The lowest BCUT2D eigenvalue weighted by Gasteiger charge is -2.44. The summed E-state index contributed by atoms with van der Waals surface area (Å²) in [6.45, 7) is 16.3. The molecule has 162 valence electrons. The third kappa shape index (κ3) is 4.98.